The van der Waals surface area contributed by atoms with Gasteiger partial charge in [0.2, 0.25) is 5.91 Å². The lowest BCUT2D eigenvalue weighted by Gasteiger charge is -2.07. The maximum Gasteiger partial charge on any atom is 0.275 e. The molecule has 2 amide bonds. The number of aromatic nitrogens is 2. The molecule has 0 bridgehead atoms. The van der Waals surface area contributed by atoms with Crippen molar-refractivity contribution in [3.63, 3.8) is 0 Å². The number of hydrogen-bond acceptors (Lipinski definition) is 5. The molecule has 9 heteroatoms. The summed E-state index contributed by atoms with van der Waals surface area (Å²) in [7, 11) is -3.77. The van der Waals surface area contributed by atoms with E-state index < -0.39 is 27.4 Å². The van der Waals surface area contributed by atoms with E-state index in [1.165, 1.54) is 18.3 Å². The van der Waals surface area contributed by atoms with Crippen LogP contribution in [0.4, 0.5) is 5.69 Å². The highest BCUT2D eigenvalue weighted by Gasteiger charge is 2.21. The first kappa shape index (κ1) is 17.4. The third kappa shape index (κ3) is 4.29. The lowest BCUT2D eigenvalue weighted by molar-refractivity contribution is -0.113. The van der Waals surface area contributed by atoms with Gasteiger partial charge in [0.1, 0.15) is 11.4 Å². The van der Waals surface area contributed by atoms with Gasteiger partial charge in [0.25, 0.3) is 5.91 Å². The molecule has 2 aromatic rings. The number of hydrogen-bond donors (Lipinski definition) is 3. The molecule has 0 spiro atoms. The Bertz CT molecular complexity index is 872. The summed E-state index contributed by atoms with van der Waals surface area (Å²) in [5, 5.41) is 10.9. The summed E-state index contributed by atoms with van der Waals surface area (Å²) in [4.78, 5) is 24.0. The number of nitrogens with one attached hydrogen (secondary N) is 3. The topological polar surface area (TPSA) is 121 Å². The van der Waals surface area contributed by atoms with Crippen molar-refractivity contribution in [1.82, 2.24) is 15.5 Å². The molecular weight excluding hydrogens is 332 g/mol. The number of nitrogens with zero attached hydrogens (tertiary/aromatic N) is 1. The molecule has 0 aliphatic carbocycles. The van der Waals surface area contributed by atoms with E-state index >= 15 is 0 Å². The third-order valence-corrected chi connectivity index (χ3v) is 4.52. The predicted octanol–water partition coefficient (Wildman–Crippen LogP) is 1.09. The fourth-order valence-electron chi connectivity index (χ4n) is 1.88. The Balaban J connectivity index is 2.10. The summed E-state index contributed by atoms with van der Waals surface area (Å²) in [5.41, 5.74) is 0.504. The first-order valence-electron chi connectivity index (χ1n) is 6.87. The second-order valence-corrected chi connectivity index (χ2v) is 7.00. The van der Waals surface area contributed by atoms with E-state index in [2.05, 4.69) is 27.4 Å². The Kier molecular flexibility index (Phi) is 5.14. The number of benzene rings is 1. The minimum atomic E-state index is -3.77. The largest absolute Gasteiger partial charge is 0.325 e. The highest BCUT2D eigenvalue weighted by atomic mass is 32.2. The molecule has 0 aliphatic heterocycles. The zero-order chi connectivity index (χ0) is 17.7. The average molecular weight is 348 g/mol. The van der Waals surface area contributed by atoms with Gasteiger partial charge in [0, 0.05) is 5.70 Å². The second kappa shape index (κ2) is 7.09. The summed E-state index contributed by atoms with van der Waals surface area (Å²) in [6.45, 7) is 5.14. The molecule has 24 heavy (non-hydrogen) atoms. The minimum Gasteiger partial charge on any atom is -0.325 e. The van der Waals surface area contributed by atoms with E-state index in [1.807, 2.05) is 0 Å². The first-order valence-corrected chi connectivity index (χ1v) is 8.52. The van der Waals surface area contributed by atoms with Crippen LogP contribution in [0, 0.1) is 0 Å². The Morgan fingerprint density at radius 1 is 1.25 bits per heavy atom. The number of H-pyrrole nitrogens is 1. The molecule has 3 N–H and O–H groups in total. The van der Waals surface area contributed by atoms with Crippen molar-refractivity contribution in [3.05, 3.63) is 54.5 Å². The van der Waals surface area contributed by atoms with Gasteiger partial charge in [-0.25, -0.2) is 8.42 Å². The molecule has 0 radical (unpaired) electrons. The molecule has 0 saturated carbocycles. The molecule has 2 rings (SSSR count). The summed E-state index contributed by atoms with van der Waals surface area (Å²) in [5.74, 6) is -2.06. The Morgan fingerprint density at radius 3 is 2.54 bits per heavy atom. The average Bonchev–Trinajstić information content (AvgIpc) is 2.95. The number of carbonyl (C=O) groups excluding carboxylic acids is 2. The van der Waals surface area contributed by atoms with E-state index in [0.717, 1.165) is 0 Å². The molecule has 1 heterocycles. The van der Waals surface area contributed by atoms with E-state index in [4.69, 9.17) is 0 Å². The zero-order valence-corrected chi connectivity index (χ0v) is 13.7. The molecule has 8 nitrogen and oxygen atoms in total. The van der Waals surface area contributed by atoms with Crippen LogP contribution in [0.2, 0.25) is 0 Å². The van der Waals surface area contributed by atoms with Gasteiger partial charge >= 0.3 is 0 Å². The van der Waals surface area contributed by atoms with Crippen LogP contribution in [0.3, 0.4) is 0 Å². The predicted molar refractivity (Wildman–Crippen MR) is 88.0 cm³/mol. The van der Waals surface area contributed by atoms with Crippen LogP contribution in [0.15, 0.2) is 53.7 Å². The Morgan fingerprint density at radius 2 is 1.92 bits per heavy atom. The van der Waals surface area contributed by atoms with Gasteiger partial charge in [-0.05, 0) is 19.1 Å². The number of amides is 2. The summed E-state index contributed by atoms with van der Waals surface area (Å²) in [6.07, 6.45) is 1.22. The lowest BCUT2D eigenvalue weighted by atomic mass is 10.3. The van der Waals surface area contributed by atoms with Crippen molar-refractivity contribution in [3.8, 4) is 0 Å². The monoisotopic (exact) mass is 348 g/mol. The molecule has 0 unspecified atom stereocenters. The Labute approximate surface area is 138 Å². The number of carbonyl (C=O) groups is 2. The van der Waals surface area contributed by atoms with E-state index in [-0.39, 0.29) is 16.3 Å². The quantitative estimate of drug-likeness (QED) is 0.721. The van der Waals surface area contributed by atoms with Crippen LogP contribution in [-0.4, -0.2) is 36.2 Å². The van der Waals surface area contributed by atoms with Crippen molar-refractivity contribution in [2.75, 3.05) is 11.1 Å². The van der Waals surface area contributed by atoms with Crippen molar-refractivity contribution >= 4 is 27.3 Å². The molecule has 126 valence electrons. The van der Waals surface area contributed by atoms with E-state index in [0.29, 0.717) is 5.70 Å². The number of allylic oxidation sites excluding steroid dienone is 1. The van der Waals surface area contributed by atoms with Crippen LogP contribution in [0.1, 0.15) is 17.4 Å². The molecule has 0 fully saturated rings. The fourth-order valence-corrected chi connectivity index (χ4v) is 3.04. The lowest BCUT2D eigenvalue weighted by Crippen LogP contribution is -2.26. The maximum atomic E-state index is 12.2. The smallest absolute Gasteiger partial charge is 0.275 e. The van der Waals surface area contributed by atoms with Crippen LogP contribution in [0.5, 0.6) is 0 Å². The summed E-state index contributed by atoms with van der Waals surface area (Å²) in [6, 6.07) is 7.64. The molecule has 0 saturated heterocycles. The van der Waals surface area contributed by atoms with Gasteiger partial charge in [0.05, 0.1) is 16.8 Å². The molecule has 1 aromatic heterocycles. The van der Waals surface area contributed by atoms with E-state index in [1.54, 1.807) is 25.1 Å². The van der Waals surface area contributed by atoms with Crippen molar-refractivity contribution in [2.45, 2.75) is 11.8 Å². The van der Waals surface area contributed by atoms with Crippen molar-refractivity contribution in [2.24, 2.45) is 0 Å². The van der Waals surface area contributed by atoms with Gasteiger partial charge in [-0.2, -0.15) is 5.10 Å². The summed E-state index contributed by atoms with van der Waals surface area (Å²) >= 11 is 0. The van der Waals surface area contributed by atoms with Crippen molar-refractivity contribution in [1.29, 1.82) is 0 Å². The van der Waals surface area contributed by atoms with Gasteiger partial charge in [-0.15, -0.1) is 0 Å². The maximum absolute atomic E-state index is 12.2. The molecular formula is C15H16N4O4S. The SMILES string of the molecule is C=C(C)NC(=O)c1[nH]ncc1NC(=O)CS(=O)(=O)c1ccccc1. The fraction of sp³-hybridized carbons (Fsp3) is 0.133. The highest BCUT2D eigenvalue weighted by molar-refractivity contribution is 7.92. The highest BCUT2D eigenvalue weighted by Crippen LogP contribution is 2.14. The molecule has 0 atom stereocenters. The van der Waals surface area contributed by atoms with Gasteiger partial charge in [-0.3, -0.25) is 14.7 Å². The molecule has 0 aliphatic rings. The van der Waals surface area contributed by atoms with Gasteiger partial charge in [0.15, 0.2) is 9.84 Å². The Hall–Kier alpha value is -2.94. The zero-order valence-electron chi connectivity index (χ0n) is 12.9. The number of anilines is 1. The van der Waals surface area contributed by atoms with E-state index in [9.17, 15) is 18.0 Å². The van der Waals surface area contributed by atoms with Crippen LogP contribution < -0.4 is 10.6 Å². The second-order valence-electron chi connectivity index (χ2n) is 5.01. The first-order chi connectivity index (χ1) is 11.3. The van der Waals surface area contributed by atoms with Crippen LogP contribution in [-0.2, 0) is 14.6 Å². The normalized spacial score (nSPS) is 10.9. The van der Waals surface area contributed by atoms with Gasteiger partial charge < -0.3 is 10.6 Å². The van der Waals surface area contributed by atoms with Crippen LogP contribution in [0.25, 0.3) is 0 Å². The summed E-state index contributed by atoms with van der Waals surface area (Å²) < 4.78 is 24.3. The third-order valence-electron chi connectivity index (χ3n) is 2.89. The molecule has 1 aromatic carbocycles. The number of aromatic amines is 1. The van der Waals surface area contributed by atoms with Gasteiger partial charge in [-0.1, -0.05) is 24.8 Å². The van der Waals surface area contributed by atoms with Crippen molar-refractivity contribution < 1.29 is 18.0 Å². The number of sulfone groups is 1. The standard InChI is InChI=1S/C15H16N4O4S/c1-10(2)17-15(21)14-12(8-16-19-14)18-13(20)9-24(22,23)11-6-4-3-5-7-11/h3-8H,1,9H2,2H3,(H,16,19)(H,17,21)(H,18,20). The van der Waals surface area contributed by atoms with Crippen LogP contribution >= 0.6 is 0 Å². The number of rotatable bonds is 6. The minimum absolute atomic E-state index is 0.00320.